The number of para-hydroxylation sites is 1. The molecule has 0 aliphatic carbocycles. The van der Waals surface area contributed by atoms with Crippen LogP contribution in [0.1, 0.15) is 24.2 Å². The van der Waals surface area contributed by atoms with Gasteiger partial charge in [-0.3, -0.25) is 4.79 Å². The molecule has 0 saturated heterocycles. The largest absolute Gasteiger partial charge is 0.594 e. The Kier molecular flexibility index (Phi) is 3.94. The summed E-state index contributed by atoms with van der Waals surface area (Å²) in [5.41, 5.74) is -0.164. The zero-order valence-corrected chi connectivity index (χ0v) is 11.5. The second kappa shape index (κ2) is 5.65. The molecule has 102 valence electrons. The molecule has 0 bridgehead atoms. The van der Waals surface area contributed by atoms with E-state index >= 15 is 0 Å². The molecule has 0 unspecified atom stereocenters. The Hall–Kier alpha value is -2.49. The van der Waals surface area contributed by atoms with E-state index in [0.29, 0.717) is 16.1 Å². The summed E-state index contributed by atoms with van der Waals surface area (Å²) in [7, 11) is 0. The molecule has 0 saturated carbocycles. The molecule has 0 fully saturated rings. The van der Waals surface area contributed by atoms with Gasteiger partial charge in [-0.1, -0.05) is 53.4 Å². The third-order valence-electron chi connectivity index (χ3n) is 2.91. The van der Waals surface area contributed by atoms with Gasteiger partial charge in [0.25, 0.3) is 0 Å². The Morgan fingerprint density at radius 3 is 2.05 bits per heavy atom. The van der Waals surface area contributed by atoms with Crippen LogP contribution in [0.5, 0.6) is 0 Å². The minimum absolute atomic E-state index is 0.185. The van der Waals surface area contributed by atoms with Crippen molar-refractivity contribution in [2.45, 2.75) is 19.4 Å². The molecule has 0 radical (unpaired) electrons. The van der Waals surface area contributed by atoms with Gasteiger partial charge in [0, 0.05) is 17.7 Å². The summed E-state index contributed by atoms with van der Waals surface area (Å²) in [6.45, 7) is 3.27. The summed E-state index contributed by atoms with van der Waals surface area (Å²) >= 11 is 0. The summed E-state index contributed by atoms with van der Waals surface area (Å²) in [6.07, 6.45) is 0. The third-order valence-corrected chi connectivity index (χ3v) is 2.91. The minimum atomic E-state index is -1.11. The van der Waals surface area contributed by atoms with Crippen LogP contribution in [-0.4, -0.2) is 16.2 Å². The van der Waals surface area contributed by atoms with Gasteiger partial charge in [0.1, 0.15) is 0 Å². The highest BCUT2D eigenvalue weighted by Gasteiger charge is 2.32. The number of hydrogen-bond donors (Lipinski definition) is 0. The van der Waals surface area contributed by atoms with Gasteiger partial charge < -0.3 is 5.21 Å². The second-order valence-electron chi connectivity index (χ2n) is 4.96. The number of nitrogens with zero attached hydrogens (tertiary/aromatic N) is 2. The van der Waals surface area contributed by atoms with Crippen LogP contribution < -0.4 is 0 Å². The quantitative estimate of drug-likeness (QED) is 0.365. The predicted molar refractivity (Wildman–Crippen MR) is 77.0 cm³/mol. The van der Waals surface area contributed by atoms with Crippen molar-refractivity contribution < 1.29 is 9.66 Å². The lowest BCUT2D eigenvalue weighted by molar-refractivity contribution is -0.448. The Balaban J connectivity index is 2.29. The van der Waals surface area contributed by atoms with Crippen LogP contribution in [-0.2, 0) is 0 Å². The molecule has 0 N–H and O–H groups in total. The van der Waals surface area contributed by atoms with E-state index in [1.54, 1.807) is 62.4 Å². The number of benzene rings is 2. The van der Waals surface area contributed by atoms with Crippen molar-refractivity contribution in [3.05, 3.63) is 71.4 Å². The molecular weight excluding hydrogens is 252 g/mol. The summed E-state index contributed by atoms with van der Waals surface area (Å²) in [4.78, 5) is 12.9. The highest BCUT2D eigenvalue weighted by Crippen LogP contribution is 2.20. The van der Waals surface area contributed by atoms with Crippen LogP contribution in [0.15, 0.2) is 65.8 Å². The average molecular weight is 268 g/mol. The van der Waals surface area contributed by atoms with Crippen molar-refractivity contribution in [2.24, 2.45) is 5.11 Å². The lowest BCUT2D eigenvalue weighted by atomic mass is 9.94. The lowest BCUT2D eigenvalue weighted by Gasteiger charge is -2.15. The number of ketones is 1. The van der Waals surface area contributed by atoms with E-state index < -0.39 is 5.54 Å². The zero-order chi connectivity index (χ0) is 14.6. The topological polar surface area (TPSA) is 55.5 Å². The molecule has 0 aliphatic rings. The fraction of sp³-hybridized carbons (Fsp3) is 0.188. The van der Waals surface area contributed by atoms with Crippen LogP contribution in [0.4, 0.5) is 5.69 Å². The Morgan fingerprint density at radius 1 is 1.00 bits per heavy atom. The maximum absolute atomic E-state index is 12.4. The highest BCUT2D eigenvalue weighted by molar-refractivity contribution is 6.02. The Morgan fingerprint density at radius 2 is 1.50 bits per heavy atom. The monoisotopic (exact) mass is 268 g/mol. The molecule has 0 heterocycles. The molecular formula is C16H16N2O2. The van der Waals surface area contributed by atoms with Crippen molar-refractivity contribution in [2.75, 3.05) is 0 Å². The minimum Gasteiger partial charge on any atom is -0.594 e. The third kappa shape index (κ3) is 3.09. The predicted octanol–water partition coefficient (Wildman–Crippen LogP) is 3.94. The standard InChI is InChI=1S/C16H16N2O2/c1-16(2,15(19)13-9-5-3-6-10-13)17-18(20)14-11-7-4-8-12-14/h3-12H,1-2H3. The number of carbonyl (C=O) groups excluding carboxylic acids is 1. The van der Waals surface area contributed by atoms with Gasteiger partial charge in [0.15, 0.2) is 11.3 Å². The summed E-state index contributed by atoms with van der Waals surface area (Å²) in [6, 6.07) is 17.5. The van der Waals surface area contributed by atoms with E-state index in [-0.39, 0.29) is 5.78 Å². The molecule has 4 heteroatoms. The molecule has 0 aromatic heterocycles. The van der Waals surface area contributed by atoms with Crippen molar-refractivity contribution in [1.29, 1.82) is 0 Å². The van der Waals surface area contributed by atoms with E-state index in [1.165, 1.54) is 0 Å². The van der Waals surface area contributed by atoms with E-state index in [1.807, 2.05) is 12.1 Å². The van der Waals surface area contributed by atoms with Crippen LogP contribution >= 0.6 is 0 Å². The maximum atomic E-state index is 12.4. The molecule has 4 nitrogen and oxygen atoms in total. The molecule has 0 aliphatic heterocycles. The molecule has 2 rings (SSSR count). The van der Waals surface area contributed by atoms with Gasteiger partial charge in [-0.2, -0.15) is 0 Å². The highest BCUT2D eigenvalue weighted by atomic mass is 16.5. The van der Waals surface area contributed by atoms with Crippen LogP contribution in [0.2, 0.25) is 0 Å². The van der Waals surface area contributed by atoms with Gasteiger partial charge in [0.2, 0.25) is 5.69 Å². The fourth-order valence-corrected chi connectivity index (χ4v) is 1.83. The van der Waals surface area contributed by atoms with Gasteiger partial charge >= 0.3 is 0 Å². The van der Waals surface area contributed by atoms with E-state index in [0.717, 1.165) is 0 Å². The van der Waals surface area contributed by atoms with Gasteiger partial charge in [-0.15, -0.1) is 0 Å². The summed E-state index contributed by atoms with van der Waals surface area (Å²) in [5.74, 6) is -0.185. The molecule has 2 aromatic carbocycles. The van der Waals surface area contributed by atoms with Crippen molar-refractivity contribution in [3.63, 3.8) is 0 Å². The Bertz CT molecular complexity index is 619. The molecule has 0 amide bonds. The number of Topliss-reactive ketones (excluding diaryl/α,β-unsaturated/α-hetero) is 1. The fourth-order valence-electron chi connectivity index (χ4n) is 1.83. The summed E-state index contributed by atoms with van der Waals surface area (Å²) in [5, 5.41) is 16.0. The molecule has 20 heavy (non-hydrogen) atoms. The number of carbonyl (C=O) groups is 1. The van der Waals surface area contributed by atoms with Gasteiger partial charge in [-0.05, 0) is 19.0 Å². The molecule has 0 atom stereocenters. The number of hydrogen-bond acceptors (Lipinski definition) is 3. The van der Waals surface area contributed by atoms with Crippen LogP contribution in [0.3, 0.4) is 0 Å². The first-order chi connectivity index (χ1) is 9.50. The number of azo groups is 1. The second-order valence-corrected chi connectivity index (χ2v) is 4.96. The van der Waals surface area contributed by atoms with Gasteiger partial charge in [-0.25, -0.2) is 0 Å². The number of rotatable bonds is 4. The van der Waals surface area contributed by atoms with Crippen molar-refractivity contribution in [1.82, 2.24) is 0 Å². The van der Waals surface area contributed by atoms with Gasteiger partial charge in [0.05, 0.1) is 0 Å². The summed E-state index contributed by atoms with van der Waals surface area (Å²) < 4.78 is 0. The lowest BCUT2D eigenvalue weighted by Crippen LogP contribution is -2.30. The molecule has 2 aromatic rings. The smallest absolute Gasteiger partial charge is 0.244 e. The molecule has 0 spiro atoms. The Labute approximate surface area is 118 Å². The van der Waals surface area contributed by atoms with E-state index in [9.17, 15) is 10.0 Å². The van der Waals surface area contributed by atoms with E-state index in [2.05, 4.69) is 5.11 Å². The van der Waals surface area contributed by atoms with Crippen molar-refractivity contribution >= 4 is 11.5 Å². The van der Waals surface area contributed by atoms with Crippen LogP contribution in [0, 0.1) is 5.21 Å². The first-order valence-corrected chi connectivity index (χ1v) is 6.36. The first-order valence-electron chi connectivity index (χ1n) is 6.36. The average Bonchev–Trinajstić information content (AvgIpc) is 2.48. The zero-order valence-electron chi connectivity index (χ0n) is 11.5. The first kappa shape index (κ1) is 13.9. The SMILES string of the molecule is CC(C)(N=[N+]([O-])c1ccccc1)C(=O)c1ccccc1. The normalized spacial score (nSPS) is 12.2. The van der Waals surface area contributed by atoms with E-state index in [4.69, 9.17) is 0 Å². The van der Waals surface area contributed by atoms with Crippen molar-refractivity contribution in [3.8, 4) is 0 Å². The maximum Gasteiger partial charge on any atom is 0.244 e. The van der Waals surface area contributed by atoms with Crippen LogP contribution in [0.25, 0.3) is 0 Å².